The van der Waals surface area contributed by atoms with Gasteiger partial charge in [-0.25, -0.2) is 4.98 Å². The second kappa shape index (κ2) is 7.85. The minimum absolute atomic E-state index is 0. The third kappa shape index (κ3) is 4.04. The van der Waals surface area contributed by atoms with Crippen LogP contribution in [0.1, 0.15) is 42.6 Å². The van der Waals surface area contributed by atoms with Crippen LogP contribution in [0.4, 0.5) is 5.82 Å². The fourth-order valence-corrected chi connectivity index (χ4v) is 4.00. The van der Waals surface area contributed by atoms with E-state index in [9.17, 15) is 4.79 Å². The summed E-state index contributed by atoms with van der Waals surface area (Å²) in [5.41, 5.74) is 0.441. The summed E-state index contributed by atoms with van der Waals surface area (Å²) in [6.07, 6.45) is 8.51. The van der Waals surface area contributed by atoms with Gasteiger partial charge in [-0.1, -0.05) is 0 Å². The van der Waals surface area contributed by atoms with Gasteiger partial charge in [-0.05, 0) is 45.2 Å². The molecule has 2 N–H and O–H groups in total. The summed E-state index contributed by atoms with van der Waals surface area (Å²) in [5.74, 6) is 0.653. The van der Waals surface area contributed by atoms with Crippen LogP contribution >= 0.6 is 12.4 Å². The molecule has 3 aliphatic heterocycles. The van der Waals surface area contributed by atoms with Crippen LogP contribution in [0, 0.1) is 0 Å². The Balaban J connectivity index is 0.00000182. The molecular formula is C17H26ClN5O2. The molecule has 4 heterocycles. The molecule has 1 amide bonds. The fraction of sp³-hybridized carbons (Fsp3) is 0.706. The summed E-state index contributed by atoms with van der Waals surface area (Å²) < 4.78 is 6.10. The molecule has 1 aromatic rings. The van der Waals surface area contributed by atoms with Crippen molar-refractivity contribution < 1.29 is 9.53 Å². The Bertz CT molecular complexity index is 602. The third-order valence-corrected chi connectivity index (χ3v) is 5.32. The molecule has 3 aliphatic rings. The lowest BCUT2D eigenvalue weighted by Crippen LogP contribution is -2.41. The number of carbonyl (C=O) groups excluding carboxylic acids is 1. The molecule has 1 aromatic heterocycles. The van der Waals surface area contributed by atoms with Crippen LogP contribution in [0.5, 0.6) is 0 Å². The van der Waals surface area contributed by atoms with Crippen LogP contribution in [0.2, 0.25) is 0 Å². The van der Waals surface area contributed by atoms with Gasteiger partial charge < -0.3 is 20.3 Å². The van der Waals surface area contributed by atoms with Gasteiger partial charge in [-0.3, -0.25) is 9.78 Å². The maximum absolute atomic E-state index is 12.4. The number of piperidine rings is 1. The first-order valence-corrected chi connectivity index (χ1v) is 8.97. The Morgan fingerprint density at radius 3 is 2.80 bits per heavy atom. The highest BCUT2D eigenvalue weighted by atomic mass is 35.5. The van der Waals surface area contributed by atoms with Gasteiger partial charge in [0.1, 0.15) is 11.5 Å². The second-order valence-corrected chi connectivity index (χ2v) is 7.08. The lowest BCUT2D eigenvalue weighted by Gasteiger charge is -2.32. The minimum atomic E-state index is -0.0128. The first kappa shape index (κ1) is 18.4. The van der Waals surface area contributed by atoms with Crippen LogP contribution < -0.4 is 10.6 Å². The Hall–Kier alpha value is -1.44. The van der Waals surface area contributed by atoms with Crippen LogP contribution in [-0.2, 0) is 4.74 Å². The highest BCUT2D eigenvalue weighted by Crippen LogP contribution is 2.34. The van der Waals surface area contributed by atoms with E-state index in [1.807, 2.05) is 4.90 Å². The standard InChI is InChI=1S/C17H25N5O2.ClH/c23-16(22-7-1-2-8-22)14-10-19-11-15(21-14)20-13-9-17(24-12-13)3-5-18-6-4-17;/h10-11,13,18H,1-9,12H2,(H,20,21);1H. The molecule has 7 nitrogen and oxygen atoms in total. The van der Waals surface area contributed by atoms with Crippen molar-refractivity contribution in [1.29, 1.82) is 0 Å². The van der Waals surface area contributed by atoms with Crippen molar-refractivity contribution in [2.24, 2.45) is 0 Å². The highest BCUT2D eigenvalue weighted by Gasteiger charge is 2.41. The molecular weight excluding hydrogens is 342 g/mol. The zero-order valence-corrected chi connectivity index (χ0v) is 15.2. The van der Waals surface area contributed by atoms with Gasteiger partial charge in [0.25, 0.3) is 5.91 Å². The molecule has 4 rings (SSSR count). The molecule has 1 spiro atoms. The smallest absolute Gasteiger partial charge is 0.274 e. The molecule has 0 radical (unpaired) electrons. The molecule has 1 unspecified atom stereocenters. The predicted octanol–water partition coefficient (Wildman–Crippen LogP) is 1.46. The molecule has 3 saturated heterocycles. The van der Waals surface area contributed by atoms with Crippen LogP contribution in [0.3, 0.4) is 0 Å². The van der Waals surface area contributed by atoms with Gasteiger partial charge in [0.15, 0.2) is 0 Å². The molecule has 0 saturated carbocycles. The number of amides is 1. The summed E-state index contributed by atoms with van der Waals surface area (Å²) in [6, 6.07) is 0.231. The number of likely N-dealkylation sites (tertiary alicyclic amines) is 1. The van der Waals surface area contributed by atoms with E-state index in [0.29, 0.717) is 18.1 Å². The number of hydrogen-bond acceptors (Lipinski definition) is 6. The van der Waals surface area contributed by atoms with Crippen molar-refractivity contribution in [3.8, 4) is 0 Å². The zero-order chi connectivity index (χ0) is 16.4. The van der Waals surface area contributed by atoms with E-state index >= 15 is 0 Å². The van der Waals surface area contributed by atoms with E-state index in [1.165, 1.54) is 0 Å². The van der Waals surface area contributed by atoms with Crippen molar-refractivity contribution in [3.63, 3.8) is 0 Å². The first-order valence-electron chi connectivity index (χ1n) is 8.97. The number of hydrogen-bond donors (Lipinski definition) is 2. The maximum Gasteiger partial charge on any atom is 0.274 e. The molecule has 0 aromatic carbocycles. The lowest BCUT2D eigenvalue weighted by atomic mass is 9.88. The summed E-state index contributed by atoms with van der Waals surface area (Å²) in [4.78, 5) is 23.0. The van der Waals surface area contributed by atoms with Crippen molar-refractivity contribution in [2.45, 2.75) is 43.7 Å². The first-order chi connectivity index (χ1) is 11.7. The SMILES string of the molecule is Cl.O=C(c1cncc(NC2COC3(CCNCC3)C2)n1)N1CCCC1. The largest absolute Gasteiger partial charge is 0.373 e. The monoisotopic (exact) mass is 367 g/mol. The molecule has 3 fully saturated rings. The number of aromatic nitrogens is 2. The highest BCUT2D eigenvalue weighted by molar-refractivity contribution is 5.92. The number of nitrogens with one attached hydrogen (secondary N) is 2. The summed E-state index contributed by atoms with van der Waals surface area (Å²) in [7, 11) is 0. The normalized spacial score (nSPS) is 25.0. The van der Waals surface area contributed by atoms with Crippen molar-refractivity contribution in [3.05, 3.63) is 18.1 Å². The summed E-state index contributed by atoms with van der Waals surface area (Å²) >= 11 is 0. The Morgan fingerprint density at radius 2 is 2.04 bits per heavy atom. The number of nitrogens with zero attached hydrogens (tertiary/aromatic N) is 3. The van der Waals surface area contributed by atoms with Crippen molar-refractivity contribution >= 4 is 24.1 Å². The van der Waals surface area contributed by atoms with Crippen LogP contribution in [0.25, 0.3) is 0 Å². The van der Waals surface area contributed by atoms with Gasteiger partial charge in [0, 0.05) is 13.1 Å². The number of ether oxygens (including phenoxy) is 1. The van der Waals surface area contributed by atoms with E-state index < -0.39 is 0 Å². The molecule has 0 bridgehead atoms. The second-order valence-electron chi connectivity index (χ2n) is 7.08. The van der Waals surface area contributed by atoms with E-state index in [2.05, 4.69) is 20.6 Å². The van der Waals surface area contributed by atoms with Crippen LogP contribution in [-0.4, -0.2) is 65.2 Å². The van der Waals surface area contributed by atoms with Gasteiger partial charge in [-0.15, -0.1) is 12.4 Å². The van der Waals surface area contributed by atoms with E-state index in [4.69, 9.17) is 4.74 Å². The number of carbonyl (C=O) groups is 1. The Morgan fingerprint density at radius 1 is 1.28 bits per heavy atom. The lowest BCUT2D eigenvalue weighted by molar-refractivity contribution is -0.0192. The number of halogens is 1. The van der Waals surface area contributed by atoms with Gasteiger partial charge in [0.05, 0.1) is 30.6 Å². The maximum atomic E-state index is 12.4. The molecule has 25 heavy (non-hydrogen) atoms. The van der Waals surface area contributed by atoms with Gasteiger partial charge in [-0.2, -0.15) is 0 Å². The fourth-order valence-electron chi connectivity index (χ4n) is 4.00. The number of anilines is 1. The predicted molar refractivity (Wildman–Crippen MR) is 97.2 cm³/mol. The topological polar surface area (TPSA) is 79.4 Å². The van der Waals surface area contributed by atoms with Crippen molar-refractivity contribution in [2.75, 3.05) is 38.1 Å². The molecule has 0 aliphatic carbocycles. The molecule has 1 atom stereocenters. The Kier molecular flexibility index (Phi) is 5.76. The van der Waals surface area contributed by atoms with E-state index in [-0.39, 0.29) is 30.0 Å². The quantitative estimate of drug-likeness (QED) is 0.842. The van der Waals surface area contributed by atoms with E-state index in [0.717, 1.165) is 58.3 Å². The van der Waals surface area contributed by atoms with E-state index in [1.54, 1.807) is 12.4 Å². The molecule has 138 valence electrons. The average Bonchev–Trinajstić information content (AvgIpc) is 3.26. The summed E-state index contributed by atoms with van der Waals surface area (Å²) in [5, 5.41) is 6.79. The van der Waals surface area contributed by atoms with Gasteiger partial charge in [0.2, 0.25) is 0 Å². The minimum Gasteiger partial charge on any atom is -0.373 e. The van der Waals surface area contributed by atoms with Crippen LogP contribution in [0.15, 0.2) is 12.4 Å². The average molecular weight is 368 g/mol. The summed E-state index contributed by atoms with van der Waals surface area (Å²) in [6.45, 7) is 4.38. The Labute approximate surface area is 154 Å². The third-order valence-electron chi connectivity index (χ3n) is 5.32. The van der Waals surface area contributed by atoms with Crippen molar-refractivity contribution in [1.82, 2.24) is 20.2 Å². The molecule has 8 heteroatoms. The number of rotatable bonds is 3. The van der Waals surface area contributed by atoms with Gasteiger partial charge >= 0.3 is 0 Å². The zero-order valence-electron chi connectivity index (χ0n) is 14.4.